The Bertz CT molecular complexity index is 145. The van der Waals surface area contributed by atoms with E-state index in [1.807, 2.05) is 0 Å². The van der Waals surface area contributed by atoms with Gasteiger partial charge in [0, 0.05) is 0 Å². The molecule has 0 aromatic heterocycles. The molecule has 0 aliphatic rings. The van der Waals surface area contributed by atoms with E-state index in [-0.39, 0.29) is 0 Å². The van der Waals surface area contributed by atoms with Crippen LogP contribution in [-0.4, -0.2) is 16.1 Å². The Kier molecular flexibility index (Phi) is 7.19. The molecule has 0 heterocycles. The third-order valence-corrected chi connectivity index (χ3v) is 21.9. The first kappa shape index (κ1) is 16.4. The summed E-state index contributed by atoms with van der Waals surface area (Å²) in [5, 5.41) is 1.12. The van der Waals surface area contributed by atoms with Crippen molar-refractivity contribution in [2.75, 3.05) is 0 Å². The summed E-state index contributed by atoms with van der Waals surface area (Å²) < 4.78 is 0. The summed E-state index contributed by atoms with van der Waals surface area (Å²) in [5.74, 6) is 0. The van der Waals surface area contributed by atoms with Gasteiger partial charge in [0.15, 0.2) is 0 Å². The van der Waals surface area contributed by atoms with Crippen LogP contribution < -0.4 is 0 Å². The zero-order valence-electron chi connectivity index (χ0n) is 12.8. The molecule has 0 aromatic rings. The smallest absolute Gasteiger partial charge is 0.0529 e. The van der Waals surface area contributed by atoms with Crippen LogP contribution in [0.4, 0.5) is 0 Å². The Morgan fingerprint density at radius 3 is 0.875 bits per heavy atom. The van der Waals surface area contributed by atoms with Gasteiger partial charge in [0.25, 0.3) is 0 Å². The Morgan fingerprint density at radius 2 is 0.750 bits per heavy atom. The van der Waals surface area contributed by atoms with Gasteiger partial charge in [-0.2, -0.15) is 0 Å². The highest BCUT2D eigenvalue weighted by atomic mass is 28.4. The third kappa shape index (κ3) is 2.81. The summed E-state index contributed by atoms with van der Waals surface area (Å²) in [5.41, 5.74) is 0. The standard InChI is InChI=1S/C14H34Si2/c1-8-15(9-2,10-3)14(7)16(11-4,12-5)13-6/h14H,8-13H2,1-7H3. The average Bonchev–Trinajstić information content (AvgIpc) is 2.35. The zero-order chi connectivity index (χ0) is 12.8. The van der Waals surface area contributed by atoms with Crippen LogP contribution >= 0.6 is 0 Å². The van der Waals surface area contributed by atoms with Crippen molar-refractivity contribution in [3.05, 3.63) is 0 Å². The van der Waals surface area contributed by atoms with Crippen molar-refractivity contribution < 1.29 is 0 Å². The monoisotopic (exact) mass is 258 g/mol. The minimum absolute atomic E-state index is 0.957. The summed E-state index contributed by atoms with van der Waals surface area (Å²) >= 11 is 0. The molecule has 0 radical (unpaired) electrons. The highest BCUT2D eigenvalue weighted by molar-refractivity contribution is 6.99. The summed E-state index contributed by atoms with van der Waals surface area (Å²) in [6, 6.07) is 9.06. The first-order valence-electron chi connectivity index (χ1n) is 7.52. The fourth-order valence-corrected chi connectivity index (χ4v) is 19.5. The van der Waals surface area contributed by atoms with Gasteiger partial charge in [0.1, 0.15) is 0 Å². The second-order valence-electron chi connectivity index (χ2n) is 5.57. The molecule has 2 heteroatoms. The van der Waals surface area contributed by atoms with Crippen molar-refractivity contribution in [1.82, 2.24) is 0 Å². The summed E-state index contributed by atoms with van der Waals surface area (Å²) in [4.78, 5) is 0. The van der Waals surface area contributed by atoms with E-state index >= 15 is 0 Å². The zero-order valence-corrected chi connectivity index (χ0v) is 14.8. The second-order valence-corrected chi connectivity index (χ2v) is 17.6. The minimum atomic E-state index is -0.957. The fourth-order valence-electron chi connectivity index (χ4n) is 3.99. The quantitative estimate of drug-likeness (QED) is 0.473. The van der Waals surface area contributed by atoms with Crippen molar-refractivity contribution in [1.29, 1.82) is 0 Å². The molecule has 0 unspecified atom stereocenters. The molecule has 0 atom stereocenters. The normalized spacial score (nSPS) is 13.5. The van der Waals surface area contributed by atoms with Gasteiger partial charge in [-0.1, -0.05) is 89.9 Å². The Labute approximate surface area is 106 Å². The van der Waals surface area contributed by atoms with E-state index in [4.69, 9.17) is 0 Å². The van der Waals surface area contributed by atoms with Crippen LogP contribution in [0, 0.1) is 0 Å². The lowest BCUT2D eigenvalue weighted by Crippen LogP contribution is -2.51. The number of hydrogen-bond acceptors (Lipinski definition) is 0. The number of hydrogen-bond donors (Lipinski definition) is 0. The number of rotatable bonds is 8. The van der Waals surface area contributed by atoms with Gasteiger partial charge >= 0.3 is 0 Å². The summed E-state index contributed by atoms with van der Waals surface area (Å²) in [6.07, 6.45) is 0. The Balaban J connectivity index is 5.16. The molecule has 0 rings (SSSR count). The third-order valence-electron chi connectivity index (χ3n) is 6.06. The molecular formula is C14H34Si2. The first-order valence-corrected chi connectivity index (χ1v) is 12.9. The summed E-state index contributed by atoms with van der Waals surface area (Å²) in [7, 11) is -1.91. The van der Waals surface area contributed by atoms with Crippen molar-refractivity contribution in [2.24, 2.45) is 0 Å². The SMILES string of the molecule is CC[Si](CC)(CC)C(C)[Si](CC)(CC)CC. The molecular weight excluding hydrogens is 224 g/mol. The lowest BCUT2D eigenvalue weighted by atomic mass is 10.9. The largest absolute Gasteiger partial charge is 0.0678 e. The lowest BCUT2D eigenvalue weighted by Gasteiger charge is -2.46. The molecule has 0 saturated carbocycles. The van der Waals surface area contributed by atoms with E-state index in [2.05, 4.69) is 48.5 Å². The van der Waals surface area contributed by atoms with Crippen LogP contribution in [0.25, 0.3) is 0 Å². The lowest BCUT2D eigenvalue weighted by molar-refractivity contribution is 0.987. The highest BCUT2D eigenvalue weighted by Crippen LogP contribution is 2.44. The van der Waals surface area contributed by atoms with Crippen LogP contribution in [0.2, 0.25) is 41.4 Å². The predicted octanol–water partition coefficient (Wildman–Crippen LogP) is 5.93. The molecule has 0 bridgehead atoms. The van der Waals surface area contributed by atoms with Gasteiger partial charge in [-0.15, -0.1) is 0 Å². The van der Waals surface area contributed by atoms with Crippen LogP contribution in [-0.2, 0) is 0 Å². The maximum Gasteiger partial charge on any atom is 0.0529 e. The topological polar surface area (TPSA) is 0 Å². The fraction of sp³-hybridized carbons (Fsp3) is 1.00. The Morgan fingerprint density at radius 1 is 0.562 bits per heavy atom. The van der Waals surface area contributed by atoms with Gasteiger partial charge in [-0.25, -0.2) is 0 Å². The molecule has 98 valence electrons. The van der Waals surface area contributed by atoms with Crippen LogP contribution in [0.15, 0.2) is 0 Å². The molecule has 0 amide bonds. The molecule has 0 N–H and O–H groups in total. The molecule has 0 fully saturated rings. The maximum absolute atomic E-state index is 2.64. The van der Waals surface area contributed by atoms with E-state index in [9.17, 15) is 0 Å². The second kappa shape index (κ2) is 7.00. The van der Waals surface area contributed by atoms with Crippen LogP contribution in [0.1, 0.15) is 48.5 Å². The summed E-state index contributed by atoms with van der Waals surface area (Å²) in [6.45, 7) is 17.5. The van der Waals surface area contributed by atoms with Crippen molar-refractivity contribution in [3.63, 3.8) is 0 Å². The molecule has 0 aliphatic heterocycles. The van der Waals surface area contributed by atoms with Gasteiger partial charge < -0.3 is 0 Å². The van der Waals surface area contributed by atoms with E-state index in [1.54, 1.807) is 0 Å². The van der Waals surface area contributed by atoms with E-state index < -0.39 is 16.1 Å². The molecule has 0 spiro atoms. The molecule has 16 heavy (non-hydrogen) atoms. The highest BCUT2D eigenvalue weighted by Gasteiger charge is 2.45. The average molecular weight is 259 g/mol. The van der Waals surface area contributed by atoms with Gasteiger partial charge in [0.05, 0.1) is 16.1 Å². The first-order chi connectivity index (χ1) is 7.52. The molecule has 0 saturated heterocycles. The van der Waals surface area contributed by atoms with E-state index in [0.29, 0.717) is 0 Å². The maximum atomic E-state index is 2.64. The van der Waals surface area contributed by atoms with Gasteiger partial charge in [-0.3, -0.25) is 0 Å². The molecule has 0 nitrogen and oxygen atoms in total. The van der Waals surface area contributed by atoms with Crippen LogP contribution in [0.3, 0.4) is 0 Å². The van der Waals surface area contributed by atoms with Crippen LogP contribution in [0.5, 0.6) is 0 Å². The molecule has 0 aromatic carbocycles. The predicted molar refractivity (Wildman–Crippen MR) is 83.8 cm³/mol. The van der Waals surface area contributed by atoms with Crippen molar-refractivity contribution in [3.8, 4) is 0 Å². The Hall–Kier alpha value is 0.434. The minimum Gasteiger partial charge on any atom is -0.0678 e. The van der Waals surface area contributed by atoms with E-state index in [0.717, 1.165) is 5.16 Å². The van der Waals surface area contributed by atoms with Crippen molar-refractivity contribution >= 4 is 16.1 Å². The molecule has 0 aliphatic carbocycles. The van der Waals surface area contributed by atoms with Gasteiger partial charge in [0.2, 0.25) is 0 Å². The van der Waals surface area contributed by atoms with Gasteiger partial charge in [-0.05, 0) is 0 Å². The van der Waals surface area contributed by atoms with E-state index in [1.165, 1.54) is 36.3 Å². The van der Waals surface area contributed by atoms with Crippen molar-refractivity contribution in [2.45, 2.75) is 89.9 Å².